The van der Waals surface area contributed by atoms with E-state index >= 15 is 0 Å². The van der Waals surface area contributed by atoms with Crippen molar-refractivity contribution >= 4 is 0 Å². The number of nitrogens with one attached hydrogen (secondary N) is 1. The van der Waals surface area contributed by atoms with Crippen molar-refractivity contribution in [3.05, 3.63) is 29.8 Å². The van der Waals surface area contributed by atoms with Crippen molar-refractivity contribution in [1.29, 1.82) is 0 Å². The van der Waals surface area contributed by atoms with Crippen molar-refractivity contribution in [3.8, 4) is 5.75 Å². The Morgan fingerprint density at radius 3 is 2.76 bits per heavy atom. The Bertz CT molecular complexity index is 320. The second-order valence-corrected chi connectivity index (χ2v) is 3.99. The van der Waals surface area contributed by atoms with Crippen LogP contribution in [0.25, 0.3) is 0 Å². The summed E-state index contributed by atoms with van der Waals surface area (Å²) in [5.41, 5.74) is 1.24. The summed E-state index contributed by atoms with van der Waals surface area (Å²) in [4.78, 5) is 0. The number of ether oxygens (including phenoxy) is 3. The van der Waals surface area contributed by atoms with Crippen LogP contribution in [0, 0.1) is 0 Å². The number of rotatable bonds is 5. The predicted molar refractivity (Wildman–Crippen MR) is 65.4 cm³/mol. The maximum atomic E-state index is 5.51. The van der Waals surface area contributed by atoms with Gasteiger partial charge in [-0.15, -0.1) is 0 Å². The third-order valence-electron chi connectivity index (χ3n) is 2.76. The third-order valence-corrected chi connectivity index (χ3v) is 2.76. The lowest BCUT2D eigenvalue weighted by atomic mass is 10.1. The van der Waals surface area contributed by atoms with Gasteiger partial charge in [0.15, 0.2) is 0 Å². The van der Waals surface area contributed by atoms with Crippen LogP contribution in [0.1, 0.15) is 11.6 Å². The molecular formula is C13H19NO3. The van der Waals surface area contributed by atoms with Crippen molar-refractivity contribution in [2.45, 2.75) is 6.04 Å². The molecule has 0 aliphatic carbocycles. The molecular weight excluding hydrogens is 218 g/mol. The van der Waals surface area contributed by atoms with Crippen molar-refractivity contribution < 1.29 is 14.2 Å². The Labute approximate surface area is 102 Å². The molecule has 17 heavy (non-hydrogen) atoms. The van der Waals surface area contributed by atoms with Gasteiger partial charge in [0.2, 0.25) is 0 Å². The van der Waals surface area contributed by atoms with Crippen LogP contribution in [0.2, 0.25) is 0 Å². The molecule has 1 atom stereocenters. The molecule has 4 nitrogen and oxygen atoms in total. The molecule has 0 amide bonds. The second kappa shape index (κ2) is 6.59. The van der Waals surface area contributed by atoms with Gasteiger partial charge in [-0.25, -0.2) is 0 Å². The highest BCUT2D eigenvalue weighted by Crippen LogP contribution is 2.19. The molecule has 4 heteroatoms. The fraction of sp³-hybridized carbons (Fsp3) is 0.538. The molecule has 1 aromatic carbocycles. The van der Waals surface area contributed by atoms with Crippen LogP contribution in [0.4, 0.5) is 0 Å². The molecule has 1 fully saturated rings. The molecule has 94 valence electrons. The van der Waals surface area contributed by atoms with E-state index in [1.54, 1.807) is 7.11 Å². The van der Waals surface area contributed by atoms with Gasteiger partial charge in [0.05, 0.1) is 25.9 Å². The van der Waals surface area contributed by atoms with Crippen LogP contribution in [-0.2, 0) is 9.47 Å². The lowest BCUT2D eigenvalue weighted by Crippen LogP contribution is -2.34. The molecule has 1 aliphatic rings. The molecule has 0 bridgehead atoms. The lowest BCUT2D eigenvalue weighted by molar-refractivity contribution is 0.0768. The van der Waals surface area contributed by atoms with E-state index in [0.717, 1.165) is 25.5 Å². The van der Waals surface area contributed by atoms with Crippen molar-refractivity contribution in [2.24, 2.45) is 0 Å². The minimum absolute atomic E-state index is 0.303. The highest BCUT2D eigenvalue weighted by molar-refractivity contribution is 5.29. The molecule has 1 heterocycles. The van der Waals surface area contributed by atoms with E-state index in [1.165, 1.54) is 5.56 Å². The zero-order chi connectivity index (χ0) is 11.9. The molecule has 1 N–H and O–H groups in total. The molecule has 0 saturated carbocycles. The minimum Gasteiger partial charge on any atom is -0.491 e. The van der Waals surface area contributed by atoms with Crippen LogP contribution in [0.5, 0.6) is 5.75 Å². The number of benzene rings is 1. The smallest absolute Gasteiger partial charge is 0.119 e. The van der Waals surface area contributed by atoms with Crippen LogP contribution in [-0.4, -0.2) is 40.1 Å². The highest BCUT2D eigenvalue weighted by atomic mass is 16.5. The maximum absolute atomic E-state index is 5.51. The van der Waals surface area contributed by atoms with Crippen molar-refractivity contribution in [3.63, 3.8) is 0 Å². The van der Waals surface area contributed by atoms with Crippen LogP contribution in [0.15, 0.2) is 24.3 Å². The minimum atomic E-state index is 0.303. The zero-order valence-electron chi connectivity index (χ0n) is 10.1. The third kappa shape index (κ3) is 3.70. The number of hydrogen-bond acceptors (Lipinski definition) is 4. The molecule has 1 saturated heterocycles. The highest BCUT2D eigenvalue weighted by Gasteiger charge is 2.14. The summed E-state index contributed by atoms with van der Waals surface area (Å²) in [6.07, 6.45) is 0. The summed E-state index contributed by atoms with van der Waals surface area (Å²) >= 11 is 0. The van der Waals surface area contributed by atoms with Gasteiger partial charge in [-0.05, 0) is 17.7 Å². The lowest BCUT2D eigenvalue weighted by Gasteiger charge is -2.24. The van der Waals surface area contributed by atoms with Gasteiger partial charge in [0.1, 0.15) is 12.4 Å². The largest absolute Gasteiger partial charge is 0.491 e. The van der Waals surface area contributed by atoms with E-state index < -0.39 is 0 Å². The number of methoxy groups -OCH3 is 1. The fourth-order valence-corrected chi connectivity index (χ4v) is 1.82. The summed E-state index contributed by atoms with van der Waals surface area (Å²) in [5, 5.41) is 3.42. The van der Waals surface area contributed by atoms with Crippen LogP contribution >= 0.6 is 0 Å². The first-order valence-corrected chi connectivity index (χ1v) is 5.93. The average Bonchev–Trinajstić information content (AvgIpc) is 2.41. The van der Waals surface area contributed by atoms with Gasteiger partial charge < -0.3 is 19.5 Å². The van der Waals surface area contributed by atoms with Gasteiger partial charge in [-0.3, -0.25) is 0 Å². The SMILES string of the molecule is COCCOc1ccc(C2COCCN2)cc1. The number of morpholine rings is 1. The van der Waals surface area contributed by atoms with E-state index in [1.807, 2.05) is 12.1 Å². The van der Waals surface area contributed by atoms with Crippen molar-refractivity contribution in [1.82, 2.24) is 5.32 Å². The molecule has 0 radical (unpaired) electrons. The average molecular weight is 237 g/mol. The number of hydrogen-bond donors (Lipinski definition) is 1. The predicted octanol–water partition coefficient (Wildman–Crippen LogP) is 1.37. The summed E-state index contributed by atoms with van der Waals surface area (Å²) in [6, 6.07) is 8.43. The van der Waals surface area contributed by atoms with Gasteiger partial charge in [-0.1, -0.05) is 12.1 Å². The first-order valence-electron chi connectivity index (χ1n) is 5.93. The quantitative estimate of drug-likeness (QED) is 0.785. The van der Waals surface area contributed by atoms with Gasteiger partial charge in [0.25, 0.3) is 0 Å². The Morgan fingerprint density at radius 1 is 1.29 bits per heavy atom. The fourth-order valence-electron chi connectivity index (χ4n) is 1.82. The first kappa shape index (κ1) is 12.4. The molecule has 2 rings (SSSR count). The second-order valence-electron chi connectivity index (χ2n) is 3.99. The summed E-state index contributed by atoms with van der Waals surface area (Å²) < 4.78 is 15.9. The van der Waals surface area contributed by atoms with E-state index in [0.29, 0.717) is 19.3 Å². The van der Waals surface area contributed by atoms with Crippen molar-refractivity contribution in [2.75, 3.05) is 40.1 Å². The van der Waals surface area contributed by atoms with Gasteiger partial charge >= 0.3 is 0 Å². The molecule has 1 unspecified atom stereocenters. The topological polar surface area (TPSA) is 39.7 Å². The Balaban J connectivity index is 1.88. The molecule has 1 aliphatic heterocycles. The Kier molecular flexibility index (Phi) is 4.79. The summed E-state index contributed by atoms with van der Waals surface area (Å²) in [5.74, 6) is 0.877. The van der Waals surface area contributed by atoms with Gasteiger partial charge in [0, 0.05) is 13.7 Å². The Hall–Kier alpha value is -1.10. The summed E-state index contributed by atoms with van der Waals surface area (Å²) in [6.45, 7) is 3.65. The van der Waals surface area contributed by atoms with Crippen LogP contribution < -0.4 is 10.1 Å². The van der Waals surface area contributed by atoms with E-state index in [-0.39, 0.29) is 0 Å². The maximum Gasteiger partial charge on any atom is 0.119 e. The Morgan fingerprint density at radius 2 is 2.12 bits per heavy atom. The monoisotopic (exact) mass is 237 g/mol. The van der Waals surface area contributed by atoms with E-state index in [2.05, 4.69) is 17.4 Å². The molecule has 0 aromatic heterocycles. The summed E-state index contributed by atoms with van der Waals surface area (Å²) in [7, 11) is 1.67. The van der Waals surface area contributed by atoms with Gasteiger partial charge in [-0.2, -0.15) is 0 Å². The van der Waals surface area contributed by atoms with E-state index in [9.17, 15) is 0 Å². The van der Waals surface area contributed by atoms with E-state index in [4.69, 9.17) is 14.2 Å². The standard InChI is InChI=1S/C13H19NO3/c1-15-8-9-17-12-4-2-11(3-5-12)13-10-16-7-6-14-13/h2-5,13-14H,6-10H2,1H3. The first-order chi connectivity index (χ1) is 8.40. The zero-order valence-corrected chi connectivity index (χ0v) is 10.1. The molecule has 1 aromatic rings. The normalized spacial score (nSPS) is 20.2. The molecule has 0 spiro atoms. The van der Waals surface area contributed by atoms with Crippen LogP contribution in [0.3, 0.4) is 0 Å².